The van der Waals surface area contributed by atoms with E-state index in [9.17, 15) is 10.1 Å². The molecule has 0 bridgehead atoms. The molecule has 2 N–H and O–H groups in total. The number of benzene rings is 2. The van der Waals surface area contributed by atoms with E-state index >= 15 is 0 Å². The van der Waals surface area contributed by atoms with Crippen LogP contribution in [0.5, 0.6) is 0 Å². The van der Waals surface area contributed by atoms with Gasteiger partial charge in [0.15, 0.2) is 5.11 Å². The molecule has 0 unspecified atom stereocenters. The minimum atomic E-state index is -0.453. The molecule has 2 rings (SSSR count). The van der Waals surface area contributed by atoms with E-state index in [1.54, 1.807) is 24.3 Å². The lowest BCUT2D eigenvalue weighted by molar-refractivity contribution is -0.384. The van der Waals surface area contributed by atoms with Crippen molar-refractivity contribution in [3.05, 3.63) is 68.2 Å². The molecule has 0 saturated carbocycles. The van der Waals surface area contributed by atoms with Crippen LogP contribution in [0, 0.1) is 10.1 Å². The highest BCUT2D eigenvalue weighted by Gasteiger charge is 2.12. The highest BCUT2D eigenvalue weighted by molar-refractivity contribution is 7.80. The number of nitrogens with zero attached hydrogens (tertiary/aromatic N) is 1. The summed E-state index contributed by atoms with van der Waals surface area (Å²) in [6.45, 7) is 1.92. The summed E-state index contributed by atoms with van der Waals surface area (Å²) in [4.78, 5) is 10.2. The number of nitro groups is 1. The first-order chi connectivity index (χ1) is 10.9. The first-order valence-corrected chi connectivity index (χ1v) is 7.80. The summed E-state index contributed by atoms with van der Waals surface area (Å²) in [6.07, 6.45) is 0. The highest BCUT2D eigenvalue weighted by Crippen LogP contribution is 2.26. The molecule has 0 spiro atoms. The van der Waals surface area contributed by atoms with E-state index in [0.717, 1.165) is 5.56 Å². The maximum Gasteiger partial charge on any atom is 0.269 e. The third kappa shape index (κ3) is 4.79. The quantitative estimate of drug-likeness (QED) is 0.453. The average molecular weight is 370 g/mol. The fourth-order valence-electron chi connectivity index (χ4n) is 1.96. The summed E-state index contributed by atoms with van der Waals surface area (Å²) in [7, 11) is 0. The number of hydrogen-bond acceptors (Lipinski definition) is 3. The Morgan fingerprint density at radius 3 is 2.43 bits per heavy atom. The molecule has 0 fully saturated rings. The Hall–Kier alpha value is -1.89. The van der Waals surface area contributed by atoms with Crippen LogP contribution in [0.4, 0.5) is 11.4 Å². The van der Waals surface area contributed by atoms with Crippen LogP contribution in [-0.2, 0) is 0 Å². The Morgan fingerprint density at radius 2 is 1.87 bits per heavy atom. The third-order valence-corrected chi connectivity index (χ3v) is 3.89. The van der Waals surface area contributed by atoms with Crippen molar-refractivity contribution in [2.45, 2.75) is 13.0 Å². The summed E-state index contributed by atoms with van der Waals surface area (Å²) in [5.41, 5.74) is 1.54. The third-order valence-electron chi connectivity index (χ3n) is 3.11. The van der Waals surface area contributed by atoms with Gasteiger partial charge in [0.2, 0.25) is 0 Å². The summed E-state index contributed by atoms with van der Waals surface area (Å²) >= 11 is 17.3. The van der Waals surface area contributed by atoms with Crippen molar-refractivity contribution >= 4 is 51.9 Å². The Morgan fingerprint density at radius 1 is 1.22 bits per heavy atom. The minimum Gasteiger partial charge on any atom is -0.356 e. The van der Waals surface area contributed by atoms with E-state index in [-0.39, 0.29) is 11.7 Å². The van der Waals surface area contributed by atoms with Gasteiger partial charge in [0.25, 0.3) is 5.69 Å². The van der Waals surface area contributed by atoms with Gasteiger partial charge in [-0.15, -0.1) is 0 Å². The van der Waals surface area contributed by atoms with Crippen molar-refractivity contribution in [1.29, 1.82) is 0 Å². The zero-order valence-corrected chi connectivity index (χ0v) is 14.4. The van der Waals surface area contributed by atoms with Crippen molar-refractivity contribution in [2.75, 3.05) is 5.32 Å². The van der Waals surface area contributed by atoms with Gasteiger partial charge in [-0.25, -0.2) is 0 Å². The minimum absolute atomic E-state index is 0.0238. The molecule has 2 aromatic rings. The van der Waals surface area contributed by atoms with Crippen LogP contribution in [0.25, 0.3) is 0 Å². The molecular weight excluding hydrogens is 357 g/mol. The Labute approximate surface area is 148 Å². The standard InChI is InChI=1S/C15H13Cl2N3O2S/c1-9(13-7-2-10(16)8-14(13)17)18-15(23)19-11-3-5-12(6-4-11)20(21)22/h2-9H,1H3,(H2,18,19,23)/t9-/m1/s1. The number of halogens is 2. The first-order valence-electron chi connectivity index (χ1n) is 6.63. The molecule has 0 amide bonds. The molecule has 5 nitrogen and oxygen atoms in total. The summed E-state index contributed by atoms with van der Waals surface area (Å²) in [6, 6.07) is 11.1. The first kappa shape index (κ1) is 17.5. The van der Waals surface area contributed by atoms with Crippen LogP contribution >= 0.6 is 35.4 Å². The van der Waals surface area contributed by atoms with E-state index in [1.807, 2.05) is 13.0 Å². The van der Waals surface area contributed by atoms with Gasteiger partial charge in [-0.05, 0) is 49.0 Å². The summed E-state index contributed by atoms with van der Waals surface area (Å²) < 4.78 is 0. The van der Waals surface area contributed by atoms with E-state index in [1.165, 1.54) is 12.1 Å². The van der Waals surface area contributed by atoms with Crippen LogP contribution in [0.3, 0.4) is 0 Å². The zero-order chi connectivity index (χ0) is 17.0. The lowest BCUT2D eigenvalue weighted by atomic mass is 10.1. The summed E-state index contributed by atoms with van der Waals surface area (Å²) in [5, 5.41) is 18.2. The summed E-state index contributed by atoms with van der Waals surface area (Å²) in [5.74, 6) is 0. The molecule has 0 aliphatic carbocycles. The molecule has 0 saturated heterocycles. The van der Waals surface area contributed by atoms with Gasteiger partial charge < -0.3 is 10.6 Å². The van der Waals surface area contributed by atoms with Crippen LogP contribution < -0.4 is 10.6 Å². The zero-order valence-electron chi connectivity index (χ0n) is 12.0. The number of anilines is 1. The van der Waals surface area contributed by atoms with Gasteiger partial charge in [0, 0.05) is 27.9 Å². The maximum absolute atomic E-state index is 10.6. The van der Waals surface area contributed by atoms with E-state index in [4.69, 9.17) is 35.4 Å². The van der Waals surface area contributed by atoms with Gasteiger partial charge in [-0.2, -0.15) is 0 Å². The molecule has 0 aliphatic rings. The van der Waals surface area contributed by atoms with Gasteiger partial charge in [0.05, 0.1) is 11.0 Å². The number of nitro benzene ring substituents is 1. The van der Waals surface area contributed by atoms with Gasteiger partial charge in [-0.3, -0.25) is 10.1 Å². The van der Waals surface area contributed by atoms with Crippen molar-refractivity contribution < 1.29 is 4.92 Å². The Kier molecular flexibility index (Phi) is 5.76. The number of rotatable bonds is 4. The van der Waals surface area contributed by atoms with Crippen molar-refractivity contribution in [3.8, 4) is 0 Å². The Balaban J connectivity index is 1.99. The van der Waals surface area contributed by atoms with Crippen LogP contribution in [0.15, 0.2) is 42.5 Å². The second-order valence-corrected chi connectivity index (χ2v) is 6.04. The van der Waals surface area contributed by atoms with Crippen molar-refractivity contribution in [2.24, 2.45) is 0 Å². The van der Waals surface area contributed by atoms with Crippen molar-refractivity contribution in [1.82, 2.24) is 5.32 Å². The highest BCUT2D eigenvalue weighted by atomic mass is 35.5. The Bertz CT molecular complexity index is 738. The second kappa shape index (κ2) is 7.59. The fourth-order valence-corrected chi connectivity index (χ4v) is 2.83. The molecule has 0 radical (unpaired) electrons. The van der Waals surface area contributed by atoms with E-state index in [0.29, 0.717) is 20.8 Å². The predicted octanol–water partition coefficient (Wildman–Crippen LogP) is 4.95. The van der Waals surface area contributed by atoms with Gasteiger partial charge in [-0.1, -0.05) is 29.3 Å². The lowest BCUT2D eigenvalue weighted by Crippen LogP contribution is -2.31. The largest absolute Gasteiger partial charge is 0.356 e. The molecule has 2 aromatic carbocycles. The fraction of sp³-hybridized carbons (Fsp3) is 0.133. The molecule has 0 heterocycles. The molecule has 0 aromatic heterocycles. The number of thiocarbonyl (C=S) groups is 1. The van der Waals surface area contributed by atoms with Gasteiger partial charge in [0.1, 0.15) is 0 Å². The monoisotopic (exact) mass is 369 g/mol. The molecule has 23 heavy (non-hydrogen) atoms. The van der Waals surface area contributed by atoms with E-state index in [2.05, 4.69) is 10.6 Å². The molecule has 0 aliphatic heterocycles. The average Bonchev–Trinajstić information content (AvgIpc) is 2.47. The van der Waals surface area contributed by atoms with Crippen LogP contribution in [-0.4, -0.2) is 10.0 Å². The molecule has 120 valence electrons. The number of hydrogen-bond donors (Lipinski definition) is 2. The predicted molar refractivity (Wildman–Crippen MR) is 97.3 cm³/mol. The molecule has 1 atom stereocenters. The van der Waals surface area contributed by atoms with Gasteiger partial charge >= 0.3 is 0 Å². The number of nitrogens with one attached hydrogen (secondary N) is 2. The van der Waals surface area contributed by atoms with E-state index < -0.39 is 4.92 Å². The van der Waals surface area contributed by atoms with Crippen LogP contribution in [0.1, 0.15) is 18.5 Å². The smallest absolute Gasteiger partial charge is 0.269 e. The van der Waals surface area contributed by atoms with Crippen molar-refractivity contribution in [3.63, 3.8) is 0 Å². The van der Waals surface area contributed by atoms with Crippen LogP contribution in [0.2, 0.25) is 10.0 Å². The second-order valence-electron chi connectivity index (χ2n) is 4.79. The maximum atomic E-state index is 10.6. The molecule has 8 heteroatoms. The normalized spacial score (nSPS) is 11.6. The topological polar surface area (TPSA) is 67.2 Å². The molecular formula is C15H13Cl2N3O2S. The lowest BCUT2D eigenvalue weighted by Gasteiger charge is -2.18. The SMILES string of the molecule is C[C@@H](NC(=S)Nc1ccc([N+](=O)[O-])cc1)c1ccc(Cl)cc1Cl. The number of non-ortho nitro benzene ring substituents is 1.